The highest BCUT2D eigenvalue weighted by molar-refractivity contribution is 5.94. The Morgan fingerprint density at radius 2 is 1.88 bits per heavy atom. The van der Waals surface area contributed by atoms with Crippen LogP contribution in [0.15, 0.2) is 71.0 Å². The minimum atomic E-state index is -1.52. The summed E-state index contributed by atoms with van der Waals surface area (Å²) in [5.41, 5.74) is 7.38. The number of rotatable bonds is 5. The van der Waals surface area contributed by atoms with Crippen molar-refractivity contribution in [2.45, 2.75) is 0 Å². The van der Waals surface area contributed by atoms with Crippen LogP contribution in [0.2, 0.25) is 0 Å². The molecule has 32 heavy (non-hydrogen) atoms. The number of hydrogen-bond donors (Lipinski definition) is 3. The van der Waals surface area contributed by atoms with Gasteiger partial charge in [0.25, 0.3) is 0 Å². The number of carboxylic acid groups (broad SMARTS) is 1. The molecule has 10 heteroatoms. The standard InChI is InChI=1S/C22H15F2N5O3/c23-16-8-14-20(9-18(16)28-27-10-12-3-5-26-6-4-12)29(11-15(21(14)30)22(31)32)19-2-1-13(25)7-17(19)24/h1-11,28H,25H2,(H,31,32). The van der Waals surface area contributed by atoms with Crippen molar-refractivity contribution in [1.82, 2.24) is 9.55 Å². The molecule has 4 rings (SSSR count). The van der Waals surface area contributed by atoms with Crippen LogP contribution >= 0.6 is 0 Å². The van der Waals surface area contributed by atoms with E-state index in [2.05, 4.69) is 15.5 Å². The molecule has 2 aromatic carbocycles. The zero-order valence-electron chi connectivity index (χ0n) is 16.3. The Kier molecular flexibility index (Phi) is 5.34. The molecule has 0 saturated heterocycles. The van der Waals surface area contributed by atoms with E-state index >= 15 is 0 Å². The predicted octanol–water partition coefficient (Wildman–Crippen LogP) is 3.39. The Morgan fingerprint density at radius 1 is 1.12 bits per heavy atom. The zero-order valence-corrected chi connectivity index (χ0v) is 16.3. The van der Waals surface area contributed by atoms with Crippen LogP contribution in [-0.4, -0.2) is 26.8 Å². The first-order chi connectivity index (χ1) is 15.3. The van der Waals surface area contributed by atoms with Gasteiger partial charge in [0.2, 0.25) is 5.43 Å². The van der Waals surface area contributed by atoms with Crippen molar-refractivity contribution >= 4 is 34.5 Å². The van der Waals surface area contributed by atoms with Crippen LogP contribution in [0.4, 0.5) is 20.2 Å². The second-order valence-corrected chi connectivity index (χ2v) is 6.76. The second kappa shape index (κ2) is 8.26. The Hall–Kier alpha value is -4.60. The molecule has 160 valence electrons. The number of halogens is 2. The summed E-state index contributed by atoms with van der Waals surface area (Å²) in [5.74, 6) is -3.11. The number of benzene rings is 2. The molecule has 0 aliphatic carbocycles. The maximum atomic E-state index is 14.7. The molecule has 2 heterocycles. The first-order valence-electron chi connectivity index (χ1n) is 9.22. The van der Waals surface area contributed by atoms with Gasteiger partial charge in [-0.05, 0) is 48.0 Å². The molecule has 0 bridgehead atoms. The normalized spacial score (nSPS) is 11.2. The number of nitrogens with zero attached hydrogens (tertiary/aromatic N) is 3. The van der Waals surface area contributed by atoms with Gasteiger partial charge < -0.3 is 15.4 Å². The van der Waals surface area contributed by atoms with Gasteiger partial charge >= 0.3 is 5.97 Å². The number of aromatic nitrogens is 2. The van der Waals surface area contributed by atoms with E-state index in [1.54, 1.807) is 24.5 Å². The lowest BCUT2D eigenvalue weighted by Crippen LogP contribution is -2.19. The van der Waals surface area contributed by atoms with E-state index in [1.165, 1.54) is 24.4 Å². The van der Waals surface area contributed by atoms with E-state index in [-0.39, 0.29) is 28.0 Å². The van der Waals surface area contributed by atoms with Gasteiger partial charge in [0, 0.05) is 29.7 Å². The van der Waals surface area contributed by atoms with Crippen LogP contribution in [0.5, 0.6) is 0 Å². The number of fused-ring (bicyclic) bond motifs is 1. The average molecular weight is 435 g/mol. The lowest BCUT2D eigenvalue weighted by molar-refractivity contribution is 0.0695. The summed E-state index contributed by atoms with van der Waals surface area (Å²) in [6.07, 6.45) is 5.56. The zero-order chi connectivity index (χ0) is 22.8. The molecule has 0 radical (unpaired) electrons. The number of carboxylic acids is 1. The van der Waals surface area contributed by atoms with Crippen molar-refractivity contribution in [1.29, 1.82) is 0 Å². The van der Waals surface area contributed by atoms with Crippen LogP contribution in [0.3, 0.4) is 0 Å². The fourth-order valence-corrected chi connectivity index (χ4v) is 3.13. The van der Waals surface area contributed by atoms with Gasteiger partial charge in [-0.3, -0.25) is 15.2 Å². The fourth-order valence-electron chi connectivity index (χ4n) is 3.13. The van der Waals surface area contributed by atoms with Gasteiger partial charge in [-0.1, -0.05) is 0 Å². The fraction of sp³-hybridized carbons (Fsp3) is 0. The minimum absolute atomic E-state index is 0.0652. The highest BCUT2D eigenvalue weighted by atomic mass is 19.1. The van der Waals surface area contributed by atoms with Crippen LogP contribution in [0.25, 0.3) is 16.6 Å². The van der Waals surface area contributed by atoms with Gasteiger partial charge in [0.15, 0.2) is 0 Å². The molecule has 0 atom stereocenters. The third-order valence-corrected chi connectivity index (χ3v) is 4.66. The Labute approximate surface area is 179 Å². The number of carbonyl (C=O) groups is 1. The SMILES string of the molecule is Nc1ccc(-n2cc(C(=O)O)c(=O)c3cc(F)c(NN=Cc4ccncc4)cc32)c(F)c1. The van der Waals surface area contributed by atoms with E-state index < -0.39 is 28.6 Å². The number of anilines is 2. The van der Waals surface area contributed by atoms with Gasteiger partial charge in [-0.15, -0.1) is 0 Å². The molecular formula is C22H15F2N5O3. The number of nitrogens with two attached hydrogens (primary N) is 1. The smallest absolute Gasteiger partial charge is 0.341 e. The van der Waals surface area contributed by atoms with Gasteiger partial charge in [0.1, 0.15) is 17.2 Å². The van der Waals surface area contributed by atoms with Crippen LogP contribution in [0.1, 0.15) is 15.9 Å². The molecule has 0 saturated carbocycles. The summed E-state index contributed by atoms with van der Waals surface area (Å²) in [4.78, 5) is 28.1. The molecule has 0 spiro atoms. The molecule has 4 N–H and O–H groups in total. The van der Waals surface area contributed by atoms with Crippen LogP contribution in [-0.2, 0) is 0 Å². The number of nitrogens with one attached hydrogen (secondary N) is 1. The first kappa shape index (κ1) is 20.7. The molecule has 0 fully saturated rings. The third-order valence-electron chi connectivity index (χ3n) is 4.66. The van der Waals surface area contributed by atoms with Crippen molar-refractivity contribution in [3.63, 3.8) is 0 Å². The van der Waals surface area contributed by atoms with Gasteiger partial charge in [0.05, 0.1) is 23.1 Å². The third kappa shape index (κ3) is 3.88. The second-order valence-electron chi connectivity index (χ2n) is 6.76. The number of pyridine rings is 2. The Morgan fingerprint density at radius 3 is 2.56 bits per heavy atom. The number of nitrogen functional groups attached to an aromatic ring is 1. The van der Waals surface area contributed by atoms with E-state index in [4.69, 9.17) is 5.73 Å². The molecule has 0 aliphatic rings. The average Bonchev–Trinajstić information content (AvgIpc) is 2.76. The van der Waals surface area contributed by atoms with Crippen molar-refractivity contribution in [2.75, 3.05) is 11.2 Å². The lowest BCUT2D eigenvalue weighted by Gasteiger charge is -2.15. The van der Waals surface area contributed by atoms with Crippen molar-refractivity contribution < 1.29 is 18.7 Å². The quantitative estimate of drug-likeness (QED) is 0.251. The van der Waals surface area contributed by atoms with Crippen molar-refractivity contribution in [2.24, 2.45) is 5.10 Å². The monoisotopic (exact) mass is 435 g/mol. The highest BCUT2D eigenvalue weighted by Gasteiger charge is 2.19. The highest BCUT2D eigenvalue weighted by Crippen LogP contribution is 2.26. The van der Waals surface area contributed by atoms with Gasteiger partial charge in [-0.2, -0.15) is 5.10 Å². The topological polar surface area (TPSA) is 123 Å². The molecule has 0 unspecified atom stereocenters. The van der Waals surface area contributed by atoms with E-state index in [0.29, 0.717) is 5.56 Å². The van der Waals surface area contributed by atoms with E-state index in [0.717, 1.165) is 22.9 Å². The lowest BCUT2D eigenvalue weighted by atomic mass is 10.1. The minimum Gasteiger partial charge on any atom is -0.477 e. The van der Waals surface area contributed by atoms with E-state index in [9.17, 15) is 23.5 Å². The van der Waals surface area contributed by atoms with Crippen molar-refractivity contribution in [3.05, 3.63) is 94.0 Å². The Bertz CT molecular complexity index is 1440. The molecule has 2 aromatic heterocycles. The van der Waals surface area contributed by atoms with Crippen molar-refractivity contribution in [3.8, 4) is 5.69 Å². The summed E-state index contributed by atoms with van der Waals surface area (Å²) < 4.78 is 30.5. The van der Waals surface area contributed by atoms with E-state index in [1.807, 2.05) is 0 Å². The first-order valence-corrected chi connectivity index (χ1v) is 9.22. The molecular weight excluding hydrogens is 420 g/mol. The summed E-state index contributed by atoms with van der Waals surface area (Å²) >= 11 is 0. The van der Waals surface area contributed by atoms with Gasteiger partial charge in [-0.25, -0.2) is 13.6 Å². The molecule has 4 aromatic rings. The summed E-state index contributed by atoms with van der Waals surface area (Å²) in [7, 11) is 0. The molecule has 0 aliphatic heterocycles. The summed E-state index contributed by atoms with van der Waals surface area (Å²) in [6.45, 7) is 0. The molecule has 0 amide bonds. The molecule has 8 nitrogen and oxygen atoms in total. The maximum Gasteiger partial charge on any atom is 0.341 e. The van der Waals surface area contributed by atoms with Crippen LogP contribution in [0, 0.1) is 11.6 Å². The summed E-state index contributed by atoms with van der Waals surface area (Å²) in [6, 6.07) is 9.33. The maximum absolute atomic E-state index is 14.7. The number of hydrazone groups is 1. The largest absolute Gasteiger partial charge is 0.477 e. The van der Waals surface area contributed by atoms with Crippen LogP contribution < -0.4 is 16.6 Å². The number of aromatic carboxylic acids is 1. The predicted molar refractivity (Wildman–Crippen MR) is 116 cm³/mol. The Balaban J connectivity index is 1.90. The number of hydrogen-bond acceptors (Lipinski definition) is 6. The summed E-state index contributed by atoms with van der Waals surface area (Å²) in [5, 5.41) is 13.1.